The van der Waals surface area contributed by atoms with Crippen LogP contribution in [-0.2, 0) is 6.54 Å². The molecule has 1 aliphatic heterocycles. The zero-order valence-corrected chi connectivity index (χ0v) is 17.9. The van der Waals surface area contributed by atoms with Crippen LogP contribution in [0.15, 0.2) is 18.3 Å². The quantitative estimate of drug-likeness (QED) is 0.672. The zero-order chi connectivity index (χ0) is 20.8. The number of nitrogens with zero attached hydrogens (tertiary/aromatic N) is 3. The molecule has 0 spiro atoms. The van der Waals surface area contributed by atoms with Crippen molar-refractivity contribution in [2.24, 2.45) is 0 Å². The molecule has 3 amide bonds. The largest absolute Gasteiger partial charge is 0.354 e. The summed E-state index contributed by atoms with van der Waals surface area (Å²) in [5, 5.41) is 8.70. The fourth-order valence-electron chi connectivity index (χ4n) is 3.62. The van der Waals surface area contributed by atoms with E-state index >= 15 is 0 Å². The van der Waals surface area contributed by atoms with Crippen LogP contribution in [0.25, 0.3) is 0 Å². The number of aryl methyl sites for hydroxylation is 1. The molecule has 1 saturated heterocycles. The number of carbonyl (C=O) groups excluding carboxylic acids is 2. The lowest BCUT2D eigenvalue weighted by atomic mass is 9.88. The predicted molar refractivity (Wildman–Crippen MR) is 114 cm³/mol. The van der Waals surface area contributed by atoms with E-state index in [2.05, 4.69) is 36.9 Å². The summed E-state index contributed by atoms with van der Waals surface area (Å²) >= 11 is 1.51. The van der Waals surface area contributed by atoms with E-state index in [9.17, 15) is 9.59 Å². The summed E-state index contributed by atoms with van der Waals surface area (Å²) in [5.41, 5.74) is 2.64. The third kappa shape index (κ3) is 5.51. The predicted octanol–water partition coefficient (Wildman–Crippen LogP) is 2.73. The molecule has 3 N–H and O–H groups in total. The van der Waals surface area contributed by atoms with Crippen molar-refractivity contribution >= 4 is 28.4 Å². The number of aromatic nitrogens is 2. The second kappa shape index (κ2) is 9.80. The fourth-order valence-corrected chi connectivity index (χ4v) is 4.47. The summed E-state index contributed by atoms with van der Waals surface area (Å²) in [5.74, 6) is 0.314. The summed E-state index contributed by atoms with van der Waals surface area (Å²) < 4.78 is 0. The van der Waals surface area contributed by atoms with E-state index < -0.39 is 0 Å². The summed E-state index contributed by atoms with van der Waals surface area (Å²) in [6.45, 7) is 7.28. The molecule has 1 fully saturated rings. The maximum absolute atomic E-state index is 11.8. The van der Waals surface area contributed by atoms with Gasteiger partial charge >= 0.3 is 6.03 Å². The molecule has 0 saturated carbocycles. The van der Waals surface area contributed by atoms with Gasteiger partial charge in [-0.15, -0.1) is 11.3 Å². The van der Waals surface area contributed by atoms with E-state index in [1.807, 2.05) is 26.1 Å². The number of carbonyl (C=O) groups is 2. The molecule has 3 rings (SSSR count). The number of likely N-dealkylation sites (tertiary alicyclic amines) is 1. The van der Waals surface area contributed by atoms with Gasteiger partial charge in [-0.05, 0) is 57.3 Å². The number of hydrogen-bond acceptors (Lipinski definition) is 6. The van der Waals surface area contributed by atoms with E-state index in [1.54, 1.807) is 7.05 Å². The number of piperidine rings is 1. The number of amides is 3. The van der Waals surface area contributed by atoms with E-state index in [0.29, 0.717) is 23.3 Å². The minimum Gasteiger partial charge on any atom is -0.354 e. The van der Waals surface area contributed by atoms with Crippen LogP contribution in [0.2, 0.25) is 0 Å². The smallest absolute Gasteiger partial charge is 0.321 e. The van der Waals surface area contributed by atoms with Gasteiger partial charge in [-0.3, -0.25) is 15.0 Å². The van der Waals surface area contributed by atoms with Gasteiger partial charge in [0.1, 0.15) is 5.69 Å². The third-order valence-electron chi connectivity index (χ3n) is 5.10. The van der Waals surface area contributed by atoms with Crippen molar-refractivity contribution in [1.82, 2.24) is 25.5 Å². The number of pyridine rings is 1. The second-order valence-electron chi connectivity index (χ2n) is 7.12. The monoisotopic (exact) mass is 416 g/mol. The Bertz CT molecular complexity index is 860. The third-order valence-corrected chi connectivity index (χ3v) is 6.00. The van der Waals surface area contributed by atoms with Crippen molar-refractivity contribution in [2.75, 3.05) is 32.0 Å². The molecule has 9 heteroatoms. The van der Waals surface area contributed by atoms with Crippen molar-refractivity contribution < 1.29 is 9.59 Å². The van der Waals surface area contributed by atoms with Crippen molar-refractivity contribution in [3.05, 3.63) is 40.2 Å². The number of anilines is 1. The van der Waals surface area contributed by atoms with Gasteiger partial charge < -0.3 is 10.6 Å². The van der Waals surface area contributed by atoms with Crippen LogP contribution in [-0.4, -0.2) is 53.5 Å². The van der Waals surface area contributed by atoms with E-state index in [0.717, 1.165) is 43.0 Å². The van der Waals surface area contributed by atoms with Crippen LogP contribution in [0, 0.1) is 6.92 Å². The molecule has 2 aromatic heterocycles. The summed E-state index contributed by atoms with van der Waals surface area (Å²) in [6.07, 6.45) is 3.96. The van der Waals surface area contributed by atoms with E-state index in [4.69, 9.17) is 0 Å². The average molecular weight is 417 g/mol. The molecule has 2 aromatic rings. The Morgan fingerprint density at radius 1 is 1.28 bits per heavy atom. The van der Waals surface area contributed by atoms with Gasteiger partial charge in [-0.25, -0.2) is 14.8 Å². The van der Waals surface area contributed by atoms with Crippen LogP contribution in [0.3, 0.4) is 0 Å². The summed E-state index contributed by atoms with van der Waals surface area (Å²) in [7, 11) is 1.62. The van der Waals surface area contributed by atoms with Crippen LogP contribution in [0.4, 0.5) is 9.93 Å². The Morgan fingerprint density at radius 2 is 2.03 bits per heavy atom. The number of nitrogens with one attached hydrogen (secondary N) is 3. The molecule has 0 aliphatic carbocycles. The van der Waals surface area contributed by atoms with Crippen molar-refractivity contribution in [1.29, 1.82) is 0 Å². The SMILES string of the molecule is CCNC(=O)Nc1ncc(CN2CCC(c3ccc(C(=O)NC)nc3C)CC2)s1. The molecule has 3 heterocycles. The Balaban J connectivity index is 1.53. The molecular formula is C20H28N6O2S. The minimum absolute atomic E-state index is 0.153. The molecular weight excluding hydrogens is 388 g/mol. The molecule has 29 heavy (non-hydrogen) atoms. The van der Waals surface area contributed by atoms with Crippen LogP contribution >= 0.6 is 11.3 Å². The van der Waals surface area contributed by atoms with Gasteiger partial charge in [-0.1, -0.05) is 6.07 Å². The lowest BCUT2D eigenvalue weighted by Crippen LogP contribution is -2.32. The van der Waals surface area contributed by atoms with Crippen molar-refractivity contribution in [3.63, 3.8) is 0 Å². The maximum atomic E-state index is 11.8. The average Bonchev–Trinajstić information content (AvgIpc) is 3.14. The van der Waals surface area contributed by atoms with Gasteiger partial charge in [0.25, 0.3) is 5.91 Å². The molecule has 8 nitrogen and oxygen atoms in total. The molecule has 0 bridgehead atoms. The Kier molecular flexibility index (Phi) is 7.16. The van der Waals surface area contributed by atoms with Gasteiger partial charge in [0.05, 0.1) is 0 Å². The number of hydrogen-bond donors (Lipinski definition) is 3. The Labute approximate surface area is 175 Å². The van der Waals surface area contributed by atoms with Gasteiger partial charge in [-0.2, -0.15) is 0 Å². The van der Waals surface area contributed by atoms with Crippen LogP contribution in [0.1, 0.15) is 52.3 Å². The standard InChI is InChI=1S/C20H28N6O2S/c1-4-22-19(28)25-20-23-11-15(29-20)12-26-9-7-14(8-10-26)16-5-6-17(18(27)21-3)24-13(16)2/h5-6,11,14H,4,7-10,12H2,1-3H3,(H,21,27)(H2,22,23,25,28). The number of rotatable bonds is 6. The van der Waals surface area contributed by atoms with E-state index in [-0.39, 0.29) is 11.9 Å². The highest BCUT2D eigenvalue weighted by atomic mass is 32.1. The highest BCUT2D eigenvalue weighted by molar-refractivity contribution is 7.15. The first-order valence-electron chi connectivity index (χ1n) is 9.91. The maximum Gasteiger partial charge on any atom is 0.321 e. The molecule has 1 aliphatic rings. The zero-order valence-electron chi connectivity index (χ0n) is 17.1. The molecule has 0 aromatic carbocycles. The molecule has 156 valence electrons. The van der Waals surface area contributed by atoms with E-state index in [1.165, 1.54) is 16.9 Å². The summed E-state index contributed by atoms with van der Waals surface area (Å²) in [4.78, 5) is 35.7. The lowest BCUT2D eigenvalue weighted by molar-refractivity contribution is 0.0958. The highest BCUT2D eigenvalue weighted by Gasteiger charge is 2.23. The first kappa shape index (κ1) is 21.2. The van der Waals surface area contributed by atoms with Crippen LogP contribution in [0.5, 0.6) is 0 Å². The number of thiazole rings is 1. The van der Waals surface area contributed by atoms with Crippen LogP contribution < -0.4 is 16.0 Å². The molecule has 0 radical (unpaired) electrons. The first-order chi connectivity index (χ1) is 14.0. The van der Waals surface area contributed by atoms with Gasteiger partial charge in [0.2, 0.25) is 0 Å². The highest BCUT2D eigenvalue weighted by Crippen LogP contribution is 2.31. The lowest BCUT2D eigenvalue weighted by Gasteiger charge is -2.32. The second-order valence-corrected chi connectivity index (χ2v) is 8.23. The van der Waals surface area contributed by atoms with Crippen molar-refractivity contribution in [3.8, 4) is 0 Å². The molecule has 0 atom stereocenters. The number of urea groups is 1. The van der Waals surface area contributed by atoms with Gasteiger partial charge in [0.15, 0.2) is 5.13 Å². The normalized spacial score (nSPS) is 15.1. The van der Waals surface area contributed by atoms with Gasteiger partial charge in [0, 0.05) is 36.9 Å². The van der Waals surface area contributed by atoms with Crippen molar-refractivity contribution in [2.45, 2.75) is 39.2 Å². The Morgan fingerprint density at radius 3 is 2.69 bits per heavy atom. The Hall–Kier alpha value is -2.52. The molecule has 0 unspecified atom stereocenters. The minimum atomic E-state index is -0.222. The summed E-state index contributed by atoms with van der Waals surface area (Å²) in [6, 6.07) is 3.64. The fraction of sp³-hybridized carbons (Fsp3) is 0.500. The topological polar surface area (TPSA) is 99.3 Å². The first-order valence-corrected chi connectivity index (χ1v) is 10.7.